The third kappa shape index (κ3) is 7.56. The zero-order valence-corrected chi connectivity index (χ0v) is 18.7. The predicted octanol–water partition coefficient (Wildman–Crippen LogP) is 4.84. The minimum Gasteiger partial charge on any atom is -0.480 e. The first-order valence-electron chi connectivity index (χ1n) is 10.0. The molecular weight excluding hydrogens is 439 g/mol. The summed E-state index contributed by atoms with van der Waals surface area (Å²) < 4.78 is 0. The number of nitrogens with one attached hydrogen (secondary N) is 2. The van der Waals surface area contributed by atoms with E-state index in [1.54, 1.807) is 25.2 Å². The van der Waals surface area contributed by atoms with E-state index in [0.717, 1.165) is 30.4 Å². The maximum atomic E-state index is 12.3. The average Bonchev–Trinajstić information content (AvgIpc) is 3.28. The summed E-state index contributed by atoms with van der Waals surface area (Å²) in [6.07, 6.45) is 6.06. The fourth-order valence-corrected chi connectivity index (χ4v) is 3.85. The first-order valence-corrected chi connectivity index (χ1v) is 10.8. The summed E-state index contributed by atoms with van der Waals surface area (Å²) >= 11 is 12.0. The quantitative estimate of drug-likeness (QED) is 0.509. The van der Waals surface area contributed by atoms with E-state index >= 15 is 0 Å². The van der Waals surface area contributed by atoms with Crippen LogP contribution in [0.15, 0.2) is 42.5 Å². The molecular formula is C23H26Cl2N2O4. The van der Waals surface area contributed by atoms with Gasteiger partial charge in [0.2, 0.25) is 0 Å². The predicted molar refractivity (Wildman–Crippen MR) is 123 cm³/mol. The fourth-order valence-electron chi connectivity index (χ4n) is 3.28. The van der Waals surface area contributed by atoms with Crippen molar-refractivity contribution >= 4 is 47.1 Å². The molecule has 6 nitrogen and oxygen atoms in total. The number of halogens is 2. The third-order valence-electron chi connectivity index (χ3n) is 5.07. The van der Waals surface area contributed by atoms with E-state index in [1.165, 1.54) is 25.0 Å². The highest BCUT2D eigenvalue weighted by Gasteiger charge is 2.23. The van der Waals surface area contributed by atoms with E-state index in [1.807, 2.05) is 12.1 Å². The summed E-state index contributed by atoms with van der Waals surface area (Å²) in [5.41, 5.74) is 1.77. The van der Waals surface area contributed by atoms with Crippen LogP contribution in [0.5, 0.6) is 0 Å². The molecule has 1 fully saturated rings. The van der Waals surface area contributed by atoms with Crippen LogP contribution < -0.4 is 10.6 Å². The van der Waals surface area contributed by atoms with Crippen LogP contribution in [0, 0.1) is 5.92 Å². The maximum absolute atomic E-state index is 12.3. The van der Waals surface area contributed by atoms with E-state index in [2.05, 4.69) is 10.6 Å². The second-order valence-electron chi connectivity index (χ2n) is 7.29. The second-order valence-corrected chi connectivity index (χ2v) is 8.11. The molecule has 2 aromatic carbocycles. The van der Waals surface area contributed by atoms with Crippen molar-refractivity contribution in [2.75, 3.05) is 12.4 Å². The lowest BCUT2D eigenvalue weighted by atomic mass is 10.0. The smallest absolute Gasteiger partial charge is 0.326 e. The van der Waals surface area contributed by atoms with Gasteiger partial charge in [-0.2, -0.15) is 0 Å². The standard InChI is InChI=1S/C17H16Cl2N2O3.C6H10O/c1-20-11-7-5-10(6-8-11)9-14(17(23)24)21-16(22)15-12(18)3-2-4-13(15)19;7-5-6-3-1-2-4-6/h2-8,14,20H,9H2,1H3,(H,21,22)(H,23,24);5-6H,1-4H2/t14-;/m0./s1. The van der Waals surface area contributed by atoms with E-state index in [-0.39, 0.29) is 22.0 Å². The lowest BCUT2D eigenvalue weighted by molar-refractivity contribution is -0.139. The van der Waals surface area contributed by atoms with Gasteiger partial charge in [0, 0.05) is 25.1 Å². The first kappa shape index (κ1) is 24.7. The van der Waals surface area contributed by atoms with Gasteiger partial charge in [0.25, 0.3) is 5.91 Å². The summed E-state index contributed by atoms with van der Waals surface area (Å²) in [6, 6.07) is 10.8. The summed E-state index contributed by atoms with van der Waals surface area (Å²) in [5.74, 6) is -1.34. The molecule has 1 aliphatic carbocycles. The van der Waals surface area contributed by atoms with Gasteiger partial charge in [-0.1, -0.05) is 54.2 Å². The molecule has 0 spiro atoms. The molecule has 3 rings (SSSR count). The third-order valence-corrected chi connectivity index (χ3v) is 5.70. The van der Waals surface area contributed by atoms with Gasteiger partial charge in [-0.25, -0.2) is 4.79 Å². The Morgan fingerprint density at radius 3 is 2.13 bits per heavy atom. The highest BCUT2D eigenvalue weighted by atomic mass is 35.5. The highest BCUT2D eigenvalue weighted by molar-refractivity contribution is 6.39. The molecule has 0 radical (unpaired) electrons. The number of carboxylic acid groups (broad SMARTS) is 1. The van der Waals surface area contributed by atoms with Gasteiger partial charge < -0.3 is 20.5 Å². The first-order chi connectivity index (χ1) is 14.8. The van der Waals surface area contributed by atoms with Crippen LogP contribution in [-0.4, -0.2) is 36.4 Å². The fraction of sp³-hybridized carbons (Fsp3) is 0.348. The van der Waals surface area contributed by atoms with Crippen molar-refractivity contribution in [2.45, 2.75) is 38.1 Å². The highest BCUT2D eigenvalue weighted by Crippen LogP contribution is 2.24. The number of carbonyl (C=O) groups excluding carboxylic acids is 2. The van der Waals surface area contributed by atoms with Gasteiger partial charge in [0.1, 0.15) is 12.3 Å². The van der Waals surface area contributed by atoms with Crippen molar-refractivity contribution in [1.29, 1.82) is 0 Å². The molecule has 166 valence electrons. The van der Waals surface area contributed by atoms with Crippen LogP contribution >= 0.6 is 23.2 Å². The van der Waals surface area contributed by atoms with Crippen molar-refractivity contribution in [2.24, 2.45) is 5.92 Å². The summed E-state index contributed by atoms with van der Waals surface area (Å²) in [4.78, 5) is 33.8. The molecule has 2 aromatic rings. The van der Waals surface area contributed by atoms with Crippen molar-refractivity contribution < 1.29 is 19.5 Å². The number of carboxylic acids is 1. The normalized spacial score (nSPS) is 14.2. The monoisotopic (exact) mass is 464 g/mol. The molecule has 1 amide bonds. The van der Waals surface area contributed by atoms with E-state index in [4.69, 9.17) is 23.2 Å². The van der Waals surface area contributed by atoms with Gasteiger partial charge in [0.05, 0.1) is 15.6 Å². The Bertz CT molecular complexity index is 877. The van der Waals surface area contributed by atoms with Gasteiger partial charge in [0.15, 0.2) is 0 Å². The SMILES string of the molecule is CNc1ccc(C[C@H](NC(=O)c2c(Cl)cccc2Cl)C(=O)O)cc1.O=CC1CCCC1. The largest absolute Gasteiger partial charge is 0.480 e. The molecule has 0 unspecified atom stereocenters. The molecule has 8 heteroatoms. The molecule has 1 atom stereocenters. The Kier molecular flexibility index (Phi) is 9.82. The van der Waals surface area contributed by atoms with Gasteiger partial charge >= 0.3 is 5.97 Å². The molecule has 1 aliphatic rings. The lowest BCUT2D eigenvalue weighted by Crippen LogP contribution is -2.42. The number of rotatable bonds is 7. The minimum atomic E-state index is -1.13. The van der Waals surface area contributed by atoms with Crippen molar-refractivity contribution in [3.63, 3.8) is 0 Å². The zero-order valence-electron chi connectivity index (χ0n) is 17.2. The summed E-state index contributed by atoms with van der Waals surface area (Å²) in [7, 11) is 1.79. The minimum absolute atomic E-state index is 0.0672. The molecule has 0 saturated heterocycles. The van der Waals surface area contributed by atoms with Crippen LogP contribution in [-0.2, 0) is 16.0 Å². The number of anilines is 1. The summed E-state index contributed by atoms with van der Waals surface area (Å²) in [6.45, 7) is 0. The van der Waals surface area contributed by atoms with E-state index in [9.17, 15) is 19.5 Å². The number of hydrogen-bond acceptors (Lipinski definition) is 4. The number of benzene rings is 2. The summed E-state index contributed by atoms with van der Waals surface area (Å²) in [5, 5.41) is 15.2. The number of aliphatic carboxylic acids is 1. The van der Waals surface area contributed by atoms with Crippen LogP contribution in [0.1, 0.15) is 41.6 Å². The van der Waals surface area contributed by atoms with Crippen LogP contribution in [0.3, 0.4) is 0 Å². The number of hydrogen-bond donors (Lipinski definition) is 3. The molecule has 0 bridgehead atoms. The van der Waals surface area contributed by atoms with Crippen LogP contribution in [0.2, 0.25) is 10.0 Å². The van der Waals surface area contributed by atoms with Gasteiger partial charge in [-0.05, 0) is 42.7 Å². The van der Waals surface area contributed by atoms with Crippen molar-refractivity contribution in [1.82, 2.24) is 5.32 Å². The number of aldehydes is 1. The van der Waals surface area contributed by atoms with Crippen LogP contribution in [0.4, 0.5) is 5.69 Å². The molecule has 3 N–H and O–H groups in total. The van der Waals surface area contributed by atoms with E-state index in [0.29, 0.717) is 5.92 Å². The molecule has 0 aliphatic heterocycles. The van der Waals surface area contributed by atoms with E-state index < -0.39 is 17.9 Å². The average molecular weight is 465 g/mol. The Morgan fingerprint density at radius 2 is 1.68 bits per heavy atom. The molecule has 31 heavy (non-hydrogen) atoms. The van der Waals surface area contributed by atoms with Gasteiger partial charge in [-0.3, -0.25) is 4.79 Å². The Labute approximate surface area is 191 Å². The zero-order chi connectivity index (χ0) is 22.8. The Balaban J connectivity index is 0.000000412. The Morgan fingerprint density at radius 1 is 1.10 bits per heavy atom. The molecule has 1 saturated carbocycles. The molecule has 0 heterocycles. The van der Waals surface area contributed by atoms with Crippen molar-refractivity contribution in [3.05, 3.63) is 63.6 Å². The maximum Gasteiger partial charge on any atom is 0.326 e. The number of amides is 1. The lowest BCUT2D eigenvalue weighted by Gasteiger charge is -2.16. The van der Waals surface area contributed by atoms with Crippen molar-refractivity contribution in [3.8, 4) is 0 Å². The van der Waals surface area contributed by atoms with Gasteiger partial charge in [-0.15, -0.1) is 0 Å². The van der Waals surface area contributed by atoms with Crippen LogP contribution in [0.25, 0.3) is 0 Å². The second kappa shape index (κ2) is 12.3. The molecule has 0 aromatic heterocycles. The number of carbonyl (C=O) groups is 3. The Hall–Kier alpha value is -2.57. The topological polar surface area (TPSA) is 95.5 Å².